The molecule has 1 fully saturated rings. The number of hydrogen-bond donors (Lipinski definition) is 1. The number of anilines is 2. The average molecular weight is 381 g/mol. The van der Waals surface area contributed by atoms with Gasteiger partial charge in [0.05, 0.1) is 24.7 Å². The third-order valence-corrected chi connectivity index (χ3v) is 5.09. The molecule has 1 N–H and O–H groups in total. The molecule has 1 aliphatic rings. The van der Waals surface area contributed by atoms with Crippen LogP contribution >= 0.6 is 0 Å². The molecule has 0 aromatic carbocycles. The van der Waals surface area contributed by atoms with Gasteiger partial charge in [-0.05, 0) is 39.2 Å². The van der Waals surface area contributed by atoms with E-state index in [1.807, 2.05) is 25.6 Å². The molecule has 0 amide bonds. The smallest absolute Gasteiger partial charge is 0.223 e. The van der Waals surface area contributed by atoms with Crippen LogP contribution in [0.4, 0.5) is 11.8 Å². The summed E-state index contributed by atoms with van der Waals surface area (Å²) in [6.07, 6.45) is 7.09. The van der Waals surface area contributed by atoms with Crippen molar-refractivity contribution in [3.05, 3.63) is 29.7 Å². The van der Waals surface area contributed by atoms with Crippen molar-refractivity contribution in [1.29, 1.82) is 0 Å². The molecule has 1 aliphatic heterocycles. The van der Waals surface area contributed by atoms with E-state index < -0.39 is 0 Å². The minimum Gasteiger partial charge on any atom is -0.491 e. The van der Waals surface area contributed by atoms with Crippen LogP contribution in [0.1, 0.15) is 37.4 Å². The molecular formula is C20H27N7O. The first-order valence-corrected chi connectivity index (χ1v) is 9.92. The molecule has 4 heterocycles. The second kappa shape index (κ2) is 8.00. The maximum atomic E-state index is 5.41. The Balaban J connectivity index is 1.62. The first kappa shape index (κ1) is 18.5. The van der Waals surface area contributed by atoms with Gasteiger partial charge in [0.15, 0.2) is 11.4 Å². The van der Waals surface area contributed by atoms with Crippen molar-refractivity contribution >= 4 is 22.8 Å². The van der Waals surface area contributed by atoms with Crippen molar-refractivity contribution < 1.29 is 4.74 Å². The van der Waals surface area contributed by atoms with Crippen LogP contribution in [0.5, 0.6) is 5.75 Å². The van der Waals surface area contributed by atoms with Crippen LogP contribution < -0.4 is 15.0 Å². The van der Waals surface area contributed by atoms with Crippen molar-refractivity contribution in [2.24, 2.45) is 7.05 Å². The third-order valence-electron chi connectivity index (χ3n) is 5.09. The van der Waals surface area contributed by atoms with E-state index >= 15 is 0 Å². The second-order valence-corrected chi connectivity index (χ2v) is 7.13. The maximum absolute atomic E-state index is 5.41. The van der Waals surface area contributed by atoms with Crippen molar-refractivity contribution in [2.75, 3.05) is 29.9 Å². The van der Waals surface area contributed by atoms with E-state index in [1.165, 1.54) is 19.3 Å². The van der Waals surface area contributed by atoms with Gasteiger partial charge in [-0.2, -0.15) is 5.10 Å². The van der Waals surface area contributed by atoms with Crippen LogP contribution in [-0.2, 0) is 13.6 Å². The summed E-state index contributed by atoms with van der Waals surface area (Å²) in [7, 11) is 1.95. The molecule has 8 heteroatoms. The number of nitrogens with zero attached hydrogens (tertiary/aromatic N) is 6. The standard InChI is InChI=1S/C20H27N7O/c1-4-28-16-12-22-20(23-13-16)21-11-15-10-17-14(2)25-26(3)19(17)24-18(15)27-8-6-5-7-9-27/h10,12-13H,4-9,11H2,1-3H3,(H,21,22,23). The lowest BCUT2D eigenvalue weighted by molar-refractivity contribution is 0.337. The molecule has 0 atom stereocenters. The first-order chi connectivity index (χ1) is 13.7. The summed E-state index contributed by atoms with van der Waals surface area (Å²) < 4.78 is 7.27. The Morgan fingerprint density at radius 2 is 1.89 bits per heavy atom. The minimum atomic E-state index is 0.580. The van der Waals surface area contributed by atoms with Crippen LogP contribution in [0.2, 0.25) is 0 Å². The Labute approximate surface area is 165 Å². The Morgan fingerprint density at radius 3 is 2.61 bits per heavy atom. The fraction of sp³-hybridized carbons (Fsp3) is 0.500. The van der Waals surface area contributed by atoms with E-state index in [4.69, 9.17) is 9.72 Å². The normalized spacial score (nSPS) is 14.5. The van der Waals surface area contributed by atoms with Gasteiger partial charge in [-0.15, -0.1) is 0 Å². The Kier molecular flexibility index (Phi) is 5.27. The zero-order valence-electron chi connectivity index (χ0n) is 16.8. The molecular weight excluding hydrogens is 354 g/mol. The fourth-order valence-electron chi connectivity index (χ4n) is 3.71. The van der Waals surface area contributed by atoms with Crippen molar-refractivity contribution in [3.63, 3.8) is 0 Å². The van der Waals surface area contributed by atoms with Crippen LogP contribution in [0.3, 0.4) is 0 Å². The third kappa shape index (κ3) is 3.72. The van der Waals surface area contributed by atoms with Gasteiger partial charge in [-0.25, -0.2) is 15.0 Å². The van der Waals surface area contributed by atoms with E-state index in [1.54, 1.807) is 12.4 Å². The Bertz CT molecular complexity index is 945. The quantitative estimate of drug-likeness (QED) is 0.703. The molecule has 0 saturated carbocycles. The SMILES string of the molecule is CCOc1cnc(NCc2cc3c(C)nn(C)c3nc2N2CCCCC2)nc1. The molecule has 0 bridgehead atoms. The fourth-order valence-corrected chi connectivity index (χ4v) is 3.71. The molecule has 4 rings (SSSR count). The van der Waals surface area contributed by atoms with E-state index in [-0.39, 0.29) is 0 Å². The van der Waals surface area contributed by atoms with Gasteiger partial charge >= 0.3 is 0 Å². The highest BCUT2D eigenvalue weighted by Gasteiger charge is 2.19. The van der Waals surface area contributed by atoms with Gasteiger partial charge in [0.2, 0.25) is 5.95 Å². The number of pyridine rings is 1. The lowest BCUT2D eigenvalue weighted by Crippen LogP contribution is -2.31. The molecule has 0 spiro atoms. The number of ether oxygens (including phenoxy) is 1. The molecule has 3 aromatic rings. The second-order valence-electron chi connectivity index (χ2n) is 7.13. The van der Waals surface area contributed by atoms with Crippen molar-refractivity contribution in [1.82, 2.24) is 24.7 Å². The Hall–Kier alpha value is -2.90. The van der Waals surface area contributed by atoms with E-state index in [0.717, 1.165) is 41.2 Å². The molecule has 28 heavy (non-hydrogen) atoms. The topological polar surface area (TPSA) is 81.0 Å². The van der Waals surface area contributed by atoms with Gasteiger partial charge in [0.1, 0.15) is 5.82 Å². The number of aryl methyl sites for hydroxylation is 2. The highest BCUT2D eigenvalue weighted by atomic mass is 16.5. The molecule has 1 saturated heterocycles. The number of nitrogens with one attached hydrogen (secondary N) is 1. The van der Waals surface area contributed by atoms with Crippen molar-refractivity contribution in [3.8, 4) is 5.75 Å². The Morgan fingerprint density at radius 1 is 1.14 bits per heavy atom. The number of hydrogen-bond acceptors (Lipinski definition) is 7. The average Bonchev–Trinajstić information content (AvgIpc) is 3.00. The van der Waals surface area contributed by atoms with E-state index in [2.05, 4.69) is 31.3 Å². The predicted molar refractivity (Wildman–Crippen MR) is 110 cm³/mol. The lowest BCUT2D eigenvalue weighted by Gasteiger charge is -2.29. The first-order valence-electron chi connectivity index (χ1n) is 9.92. The molecule has 3 aromatic heterocycles. The highest BCUT2D eigenvalue weighted by molar-refractivity contribution is 5.81. The molecule has 0 radical (unpaired) electrons. The van der Waals surface area contributed by atoms with Crippen molar-refractivity contribution in [2.45, 2.75) is 39.7 Å². The van der Waals surface area contributed by atoms with Crippen LogP contribution in [0.15, 0.2) is 18.5 Å². The van der Waals surface area contributed by atoms with Crippen LogP contribution in [-0.4, -0.2) is 44.4 Å². The maximum Gasteiger partial charge on any atom is 0.223 e. The van der Waals surface area contributed by atoms with Gasteiger partial charge in [0, 0.05) is 37.6 Å². The van der Waals surface area contributed by atoms with Gasteiger partial charge in [-0.1, -0.05) is 0 Å². The largest absolute Gasteiger partial charge is 0.491 e. The van der Waals surface area contributed by atoms with Gasteiger partial charge in [-0.3, -0.25) is 4.68 Å². The summed E-state index contributed by atoms with van der Waals surface area (Å²) in [6, 6.07) is 2.20. The predicted octanol–water partition coefficient (Wildman–Crippen LogP) is 3.07. The highest BCUT2D eigenvalue weighted by Crippen LogP contribution is 2.28. The molecule has 0 unspecified atom stereocenters. The zero-order chi connectivity index (χ0) is 19.5. The summed E-state index contributed by atoms with van der Waals surface area (Å²) in [5.41, 5.74) is 3.07. The van der Waals surface area contributed by atoms with E-state index in [0.29, 0.717) is 24.8 Å². The van der Waals surface area contributed by atoms with Gasteiger partial charge in [0.25, 0.3) is 0 Å². The summed E-state index contributed by atoms with van der Waals surface area (Å²) in [4.78, 5) is 16.1. The molecule has 148 valence electrons. The summed E-state index contributed by atoms with van der Waals surface area (Å²) >= 11 is 0. The van der Waals surface area contributed by atoms with Crippen LogP contribution in [0, 0.1) is 6.92 Å². The number of piperidine rings is 1. The molecule has 8 nitrogen and oxygen atoms in total. The summed E-state index contributed by atoms with van der Waals surface area (Å²) in [5, 5.41) is 8.96. The van der Waals surface area contributed by atoms with Gasteiger partial charge < -0.3 is 15.0 Å². The number of fused-ring (bicyclic) bond motifs is 1. The lowest BCUT2D eigenvalue weighted by atomic mass is 10.1. The number of rotatable bonds is 6. The monoisotopic (exact) mass is 381 g/mol. The number of aromatic nitrogens is 5. The zero-order valence-corrected chi connectivity index (χ0v) is 16.8. The molecule has 0 aliphatic carbocycles. The summed E-state index contributed by atoms with van der Waals surface area (Å²) in [6.45, 7) is 7.27. The summed E-state index contributed by atoms with van der Waals surface area (Å²) in [5.74, 6) is 2.29. The van der Waals surface area contributed by atoms with E-state index in [9.17, 15) is 0 Å². The minimum absolute atomic E-state index is 0.580. The van der Waals surface area contributed by atoms with Crippen LogP contribution in [0.25, 0.3) is 11.0 Å².